The highest BCUT2D eigenvalue weighted by molar-refractivity contribution is 9.18. The van der Waals surface area contributed by atoms with Gasteiger partial charge in [-0.3, -0.25) is 4.79 Å². The standard InChI is InChI=1S/C5Br4N2O/c6-2-1(4(8)12)3(7)11-5(9)10-2. The van der Waals surface area contributed by atoms with E-state index >= 15 is 0 Å². The van der Waals surface area contributed by atoms with Gasteiger partial charge in [-0.05, 0) is 63.7 Å². The lowest BCUT2D eigenvalue weighted by Gasteiger charge is -2.00. The van der Waals surface area contributed by atoms with Crippen molar-refractivity contribution in [2.45, 2.75) is 0 Å². The van der Waals surface area contributed by atoms with Crippen LogP contribution in [0.3, 0.4) is 0 Å². The van der Waals surface area contributed by atoms with Crippen LogP contribution in [0.25, 0.3) is 0 Å². The molecule has 0 bridgehead atoms. The van der Waals surface area contributed by atoms with Crippen LogP contribution >= 0.6 is 63.7 Å². The van der Waals surface area contributed by atoms with E-state index in [0.717, 1.165) is 0 Å². The predicted octanol–water partition coefficient (Wildman–Crippen LogP) is 3.30. The summed E-state index contributed by atoms with van der Waals surface area (Å²) in [5, 5.41) is 0. The van der Waals surface area contributed by atoms with E-state index in [9.17, 15) is 4.79 Å². The number of carbonyl (C=O) groups excluding carboxylic acids is 1. The Kier molecular flexibility index (Phi) is 3.81. The summed E-state index contributed by atoms with van der Waals surface area (Å²) in [6.07, 6.45) is 0. The molecule has 12 heavy (non-hydrogen) atoms. The first kappa shape index (κ1) is 10.7. The Labute approximate surface area is 102 Å². The molecule has 0 spiro atoms. The highest BCUT2D eigenvalue weighted by Gasteiger charge is 2.14. The third-order valence-electron chi connectivity index (χ3n) is 0.990. The highest BCUT2D eigenvalue weighted by Crippen LogP contribution is 2.25. The molecule has 1 rings (SSSR count). The van der Waals surface area contributed by atoms with Gasteiger partial charge in [-0.1, -0.05) is 0 Å². The van der Waals surface area contributed by atoms with Gasteiger partial charge in [0.25, 0.3) is 0 Å². The first-order valence-corrected chi connectivity index (χ1v) is 5.78. The van der Waals surface area contributed by atoms with E-state index in [1.165, 1.54) is 0 Å². The maximum atomic E-state index is 11.0. The number of nitrogens with zero attached hydrogens (tertiary/aromatic N) is 2. The van der Waals surface area contributed by atoms with E-state index in [2.05, 4.69) is 73.7 Å². The molecule has 1 aromatic rings. The van der Waals surface area contributed by atoms with Gasteiger partial charge in [0, 0.05) is 0 Å². The van der Waals surface area contributed by atoms with Crippen molar-refractivity contribution in [2.75, 3.05) is 0 Å². The summed E-state index contributed by atoms with van der Waals surface area (Å²) in [4.78, 5) is 18.8. The van der Waals surface area contributed by atoms with Crippen molar-refractivity contribution in [1.29, 1.82) is 0 Å². The molecular formula is C5Br4N2O. The van der Waals surface area contributed by atoms with Crippen LogP contribution in [0.4, 0.5) is 0 Å². The molecule has 0 amide bonds. The molecule has 0 radical (unpaired) electrons. The second-order valence-corrected chi connectivity index (χ2v) is 4.65. The summed E-state index contributed by atoms with van der Waals surface area (Å²) in [5.74, 6) is 0. The summed E-state index contributed by atoms with van der Waals surface area (Å²) >= 11 is 12.2. The molecule has 7 heteroatoms. The van der Waals surface area contributed by atoms with Crippen LogP contribution in [0.2, 0.25) is 0 Å². The minimum Gasteiger partial charge on any atom is -0.281 e. The van der Waals surface area contributed by atoms with Crippen molar-refractivity contribution in [1.82, 2.24) is 9.97 Å². The van der Waals surface area contributed by atoms with E-state index < -0.39 is 0 Å². The molecule has 0 N–H and O–H groups in total. The Morgan fingerprint density at radius 1 is 1.08 bits per heavy atom. The monoisotopic (exact) mass is 420 g/mol. The molecule has 0 aliphatic heterocycles. The number of halogens is 4. The second kappa shape index (κ2) is 4.26. The molecule has 3 nitrogen and oxygen atoms in total. The average molecular weight is 424 g/mol. The summed E-state index contributed by atoms with van der Waals surface area (Å²) in [7, 11) is 0. The normalized spacial score (nSPS) is 10.0. The number of hydrogen-bond acceptors (Lipinski definition) is 3. The first-order chi connectivity index (χ1) is 5.52. The fourth-order valence-corrected chi connectivity index (χ4v) is 3.62. The molecule has 0 saturated carbocycles. The van der Waals surface area contributed by atoms with Gasteiger partial charge < -0.3 is 0 Å². The van der Waals surface area contributed by atoms with Gasteiger partial charge in [-0.15, -0.1) is 0 Å². The summed E-state index contributed by atoms with van der Waals surface area (Å²) < 4.78 is 1.03. The summed E-state index contributed by atoms with van der Waals surface area (Å²) in [5.41, 5.74) is 0.373. The fourth-order valence-electron chi connectivity index (χ4n) is 0.546. The van der Waals surface area contributed by atoms with Gasteiger partial charge >= 0.3 is 0 Å². The SMILES string of the molecule is O=C(Br)c1c(Br)nc(Br)nc1Br. The van der Waals surface area contributed by atoms with Crippen molar-refractivity contribution in [3.05, 3.63) is 19.5 Å². The zero-order chi connectivity index (χ0) is 9.30. The third kappa shape index (κ3) is 2.34. The molecule has 0 aliphatic rings. The van der Waals surface area contributed by atoms with Crippen LogP contribution in [0.1, 0.15) is 10.4 Å². The maximum absolute atomic E-state index is 11.0. The Hall–Kier alpha value is 0.670. The van der Waals surface area contributed by atoms with Crippen molar-refractivity contribution in [3.8, 4) is 0 Å². The lowest BCUT2D eigenvalue weighted by Crippen LogP contribution is -1.98. The van der Waals surface area contributed by atoms with Crippen molar-refractivity contribution in [2.24, 2.45) is 0 Å². The fraction of sp³-hybridized carbons (Fsp3) is 0. The maximum Gasteiger partial charge on any atom is 0.233 e. The van der Waals surface area contributed by atoms with Gasteiger partial charge in [0.1, 0.15) is 9.21 Å². The Balaban J connectivity index is 3.38. The second-order valence-electron chi connectivity index (χ2n) is 1.72. The van der Waals surface area contributed by atoms with Crippen molar-refractivity contribution >= 4 is 68.4 Å². The molecular weight excluding hydrogens is 424 g/mol. The molecule has 1 aromatic heterocycles. The number of aromatic nitrogens is 2. The number of hydrogen-bond donors (Lipinski definition) is 0. The van der Waals surface area contributed by atoms with Crippen LogP contribution < -0.4 is 0 Å². The lowest BCUT2D eigenvalue weighted by molar-refractivity contribution is 0.109. The van der Waals surface area contributed by atoms with Crippen LogP contribution in [-0.2, 0) is 0 Å². The average Bonchev–Trinajstić information content (AvgIpc) is 1.82. The molecule has 0 aromatic carbocycles. The lowest BCUT2D eigenvalue weighted by atomic mass is 10.4. The zero-order valence-corrected chi connectivity index (χ0v) is 11.7. The van der Waals surface area contributed by atoms with Crippen LogP contribution in [0, 0.1) is 0 Å². The molecule has 0 fully saturated rings. The Bertz CT molecular complexity index is 317. The van der Waals surface area contributed by atoms with E-state index in [1.54, 1.807) is 0 Å². The molecule has 1 heterocycles. The molecule has 0 unspecified atom stereocenters. The molecule has 0 saturated heterocycles. The van der Waals surface area contributed by atoms with E-state index in [1.807, 2.05) is 0 Å². The van der Waals surface area contributed by atoms with Crippen LogP contribution in [-0.4, -0.2) is 14.7 Å². The topological polar surface area (TPSA) is 42.9 Å². The van der Waals surface area contributed by atoms with Gasteiger partial charge in [-0.2, -0.15) is 0 Å². The largest absolute Gasteiger partial charge is 0.281 e. The summed E-state index contributed by atoms with van der Waals surface area (Å²) in [6.45, 7) is 0. The Morgan fingerprint density at radius 2 is 1.50 bits per heavy atom. The zero-order valence-electron chi connectivity index (χ0n) is 5.31. The molecule has 0 aliphatic carbocycles. The summed E-state index contributed by atoms with van der Waals surface area (Å²) in [6, 6.07) is 0. The van der Waals surface area contributed by atoms with E-state index in [4.69, 9.17) is 0 Å². The van der Waals surface area contributed by atoms with E-state index in [-0.39, 0.29) is 4.69 Å². The molecule has 0 atom stereocenters. The van der Waals surface area contributed by atoms with Crippen LogP contribution in [0.5, 0.6) is 0 Å². The van der Waals surface area contributed by atoms with E-state index in [0.29, 0.717) is 19.5 Å². The molecule has 64 valence electrons. The highest BCUT2D eigenvalue weighted by atomic mass is 79.9. The predicted molar refractivity (Wildman–Crippen MR) is 58.4 cm³/mol. The van der Waals surface area contributed by atoms with Gasteiger partial charge in [-0.25, -0.2) is 9.97 Å². The third-order valence-corrected chi connectivity index (χ3v) is 2.89. The number of rotatable bonds is 1. The van der Waals surface area contributed by atoms with Crippen molar-refractivity contribution < 1.29 is 4.79 Å². The Morgan fingerprint density at radius 3 is 1.83 bits per heavy atom. The van der Waals surface area contributed by atoms with Crippen molar-refractivity contribution in [3.63, 3.8) is 0 Å². The minimum atomic E-state index is -0.270. The van der Waals surface area contributed by atoms with Gasteiger partial charge in [0.15, 0.2) is 4.73 Å². The van der Waals surface area contributed by atoms with Gasteiger partial charge in [0.2, 0.25) is 4.69 Å². The quantitative estimate of drug-likeness (QED) is 0.395. The first-order valence-electron chi connectivity index (χ1n) is 2.60. The van der Waals surface area contributed by atoms with Crippen LogP contribution in [0.15, 0.2) is 13.9 Å². The smallest absolute Gasteiger partial charge is 0.233 e. The van der Waals surface area contributed by atoms with Gasteiger partial charge in [0.05, 0.1) is 5.56 Å². The minimum absolute atomic E-state index is 0.270. The number of carbonyl (C=O) groups is 1.